The van der Waals surface area contributed by atoms with E-state index in [9.17, 15) is 5.11 Å². The monoisotopic (exact) mass is 311 g/mol. The van der Waals surface area contributed by atoms with E-state index in [0.717, 1.165) is 23.1 Å². The molecule has 0 spiro atoms. The summed E-state index contributed by atoms with van der Waals surface area (Å²) in [5, 5.41) is 13.4. The predicted molar refractivity (Wildman–Crippen MR) is 81.2 cm³/mol. The second-order valence-electron chi connectivity index (χ2n) is 6.65. The van der Waals surface area contributed by atoms with Crippen molar-refractivity contribution in [2.75, 3.05) is 32.4 Å². The minimum atomic E-state index is -0.203. The van der Waals surface area contributed by atoms with Crippen LogP contribution < -0.4 is 23.5 Å². The van der Waals surface area contributed by atoms with Crippen molar-refractivity contribution >= 4 is 5.69 Å². The highest BCUT2D eigenvalue weighted by Gasteiger charge is 2.44. The van der Waals surface area contributed by atoms with Gasteiger partial charge in [-0.15, -0.1) is 0 Å². The van der Waals surface area contributed by atoms with Crippen LogP contribution in [-0.2, 0) is 0 Å². The molecule has 2 heterocycles. The molecule has 118 valence electrons. The normalized spacial score (nSPS) is 29.0. The second kappa shape index (κ2) is 6.53. The number of halogens is 1. The zero-order chi connectivity index (χ0) is 14.2. The lowest BCUT2D eigenvalue weighted by atomic mass is 9.94. The van der Waals surface area contributed by atoms with Crippen LogP contribution in [0.3, 0.4) is 0 Å². The van der Waals surface area contributed by atoms with E-state index in [0.29, 0.717) is 12.1 Å². The molecule has 5 heteroatoms. The molecule has 0 bridgehead atoms. The average Bonchev–Trinajstić information content (AvgIpc) is 3.02. The summed E-state index contributed by atoms with van der Waals surface area (Å²) in [7, 11) is 2.36. The van der Waals surface area contributed by atoms with Crippen LogP contribution in [-0.4, -0.2) is 48.4 Å². The van der Waals surface area contributed by atoms with Gasteiger partial charge in [0.1, 0.15) is 6.04 Å². The number of quaternary nitrogens is 1. The smallest absolute Gasteiger partial charge is 0.130 e. The number of β-amino-alcohol motifs (C(OH)–C–C–N with tert-alkyl or cyclic N) is 1. The number of likely N-dealkylation sites (tertiary alicyclic amines) is 1. The number of nitrogen functional groups attached to an aromatic ring is 1. The van der Waals surface area contributed by atoms with Gasteiger partial charge in [-0.3, -0.25) is 0 Å². The zero-order valence-corrected chi connectivity index (χ0v) is 13.4. The topological polar surface area (TPSA) is 58.3 Å². The molecule has 0 radical (unpaired) electrons. The standard InChI is InChI=1S/C16H26N3O.ClH/c1-19(8-2-3-9-19)16(15-10-14(20)11-18-15)12-4-6-13(17)7-5-12;/h4-7,14-16,18,20H,2-3,8-11,17H2,1H3;1H/q+1;/p-1. The molecule has 3 unspecified atom stereocenters. The number of nitrogens with two attached hydrogens (primary N) is 1. The van der Waals surface area contributed by atoms with Gasteiger partial charge in [-0.1, -0.05) is 12.1 Å². The summed E-state index contributed by atoms with van der Waals surface area (Å²) in [6.07, 6.45) is 3.25. The van der Waals surface area contributed by atoms with Gasteiger partial charge in [0, 0.05) is 30.6 Å². The molecule has 0 saturated carbocycles. The lowest BCUT2D eigenvalue weighted by Crippen LogP contribution is -3.00. The maximum Gasteiger partial charge on any atom is 0.130 e. The second-order valence-corrected chi connectivity index (χ2v) is 6.65. The maximum absolute atomic E-state index is 9.88. The number of nitrogens with zero attached hydrogens (tertiary/aromatic N) is 1. The van der Waals surface area contributed by atoms with Crippen molar-refractivity contribution in [2.45, 2.75) is 37.5 Å². The number of anilines is 1. The van der Waals surface area contributed by atoms with Crippen LogP contribution >= 0.6 is 0 Å². The van der Waals surface area contributed by atoms with Gasteiger partial charge < -0.3 is 33.0 Å². The summed E-state index contributed by atoms with van der Waals surface area (Å²) in [4.78, 5) is 0. The van der Waals surface area contributed by atoms with Crippen LogP contribution in [0.15, 0.2) is 24.3 Å². The first kappa shape index (κ1) is 16.6. The van der Waals surface area contributed by atoms with E-state index < -0.39 is 0 Å². The number of likely N-dealkylation sites (N-methyl/N-ethyl adjacent to an activating group) is 1. The van der Waals surface area contributed by atoms with Crippen LogP contribution in [0.4, 0.5) is 5.69 Å². The van der Waals surface area contributed by atoms with Crippen molar-refractivity contribution in [3.8, 4) is 0 Å². The van der Waals surface area contributed by atoms with Gasteiger partial charge in [-0.05, 0) is 18.6 Å². The Labute approximate surface area is 133 Å². The number of aliphatic hydroxyl groups excluding tert-OH is 1. The van der Waals surface area contributed by atoms with Crippen LogP contribution in [0.5, 0.6) is 0 Å². The first-order chi connectivity index (χ1) is 9.58. The number of hydrogen-bond acceptors (Lipinski definition) is 3. The quantitative estimate of drug-likeness (QED) is 0.460. The SMILES string of the molecule is C[N+]1(C(c2ccc(N)cc2)C2CC(O)CN2)CCCC1.[Cl-]. The van der Waals surface area contributed by atoms with Crippen molar-refractivity contribution in [3.05, 3.63) is 29.8 Å². The van der Waals surface area contributed by atoms with Crippen molar-refractivity contribution in [2.24, 2.45) is 0 Å². The van der Waals surface area contributed by atoms with Gasteiger partial charge >= 0.3 is 0 Å². The fourth-order valence-electron chi connectivity index (χ4n) is 4.04. The van der Waals surface area contributed by atoms with Gasteiger partial charge in [-0.25, -0.2) is 0 Å². The van der Waals surface area contributed by atoms with Gasteiger partial charge in [0.25, 0.3) is 0 Å². The Kier molecular flexibility index (Phi) is 5.15. The highest BCUT2D eigenvalue weighted by molar-refractivity contribution is 5.40. The fraction of sp³-hybridized carbons (Fsp3) is 0.625. The zero-order valence-electron chi connectivity index (χ0n) is 12.6. The molecule has 0 amide bonds. The third kappa shape index (κ3) is 3.34. The van der Waals surface area contributed by atoms with E-state index in [1.165, 1.54) is 31.5 Å². The molecule has 0 aromatic heterocycles. The molecule has 0 aliphatic carbocycles. The Balaban J connectivity index is 0.00000161. The summed E-state index contributed by atoms with van der Waals surface area (Å²) < 4.78 is 1.08. The van der Waals surface area contributed by atoms with Crippen LogP contribution in [0, 0.1) is 0 Å². The van der Waals surface area contributed by atoms with E-state index in [2.05, 4.69) is 24.5 Å². The number of benzene rings is 1. The van der Waals surface area contributed by atoms with E-state index in [1.54, 1.807) is 0 Å². The molecule has 3 atom stereocenters. The minimum Gasteiger partial charge on any atom is -1.00 e. The molecular weight excluding hydrogens is 286 g/mol. The van der Waals surface area contributed by atoms with Crippen LogP contribution in [0.1, 0.15) is 30.9 Å². The van der Waals surface area contributed by atoms with Crippen LogP contribution in [0.25, 0.3) is 0 Å². The third-order valence-corrected chi connectivity index (χ3v) is 5.06. The molecule has 1 aromatic rings. The first-order valence-corrected chi connectivity index (χ1v) is 7.70. The molecule has 2 aliphatic rings. The Bertz CT molecular complexity index is 459. The Morgan fingerprint density at radius 1 is 1.24 bits per heavy atom. The first-order valence-electron chi connectivity index (χ1n) is 7.70. The molecule has 2 fully saturated rings. The Morgan fingerprint density at radius 2 is 1.86 bits per heavy atom. The van der Waals surface area contributed by atoms with E-state index in [4.69, 9.17) is 5.73 Å². The van der Waals surface area contributed by atoms with E-state index in [-0.39, 0.29) is 18.5 Å². The number of rotatable bonds is 3. The third-order valence-electron chi connectivity index (χ3n) is 5.06. The highest BCUT2D eigenvalue weighted by Crippen LogP contribution is 2.37. The van der Waals surface area contributed by atoms with E-state index in [1.807, 2.05) is 12.1 Å². The van der Waals surface area contributed by atoms with Crippen molar-refractivity contribution in [1.29, 1.82) is 0 Å². The van der Waals surface area contributed by atoms with Crippen molar-refractivity contribution < 1.29 is 22.0 Å². The summed E-state index contributed by atoms with van der Waals surface area (Å²) in [6, 6.07) is 9.08. The summed E-state index contributed by atoms with van der Waals surface area (Å²) in [6.45, 7) is 3.17. The molecular formula is C16H26ClN3O. The average molecular weight is 312 g/mol. The van der Waals surface area contributed by atoms with Gasteiger partial charge in [0.05, 0.1) is 32.3 Å². The predicted octanol–water partition coefficient (Wildman–Crippen LogP) is -1.72. The highest BCUT2D eigenvalue weighted by atomic mass is 35.5. The molecule has 2 aliphatic heterocycles. The Hall–Kier alpha value is -0.810. The Morgan fingerprint density at radius 3 is 2.38 bits per heavy atom. The van der Waals surface area contributed by atoms with E-state index >= 15 is 0 Å². The number of aliphatic hydroxyl groups is 1. The largest absolute Gasteiger partial charge is 1.00 e. The minimum absolute atomic E-state index is 0. The lowest BCUT2D eigenvalue weighted by molar-refractivity contribution is -0.929. The van der Waals surface area contributed by atoms with Gasteiger partial charge in [0.15, 0.2) is 0 Å². The molecule has 2 saturated heterocycles. The fourth-order valence-corrected chi connectivity index (χ4v) is 4.04. The number of hydrogen-bond donors (Lipinski definition) is 3. The van der Waals surface area contributed by atoms with Gasteiger partial charge in [-0.2, -0.15) is 0 Å². The molecule has 1 aromatic carbocycles. The summed E-state index contributed by atoms with van der Waals surface area (Å²) in [5.41, 5.74) is 7.99. The van der Waals surface area contributed by atoms with Crippen molar-refractivity contribution in [1.82, 2.24) is 5.32 Å². The number of nitrogens with one attached hydrogen (secondary N) is 1. The lowest BCUT2D eigenvalue weighted by Gasteiger charge is -2.41. The molecule has 4 nitrogen and oxygen atoms in total. The van der Waals surface area contributed by atoms with Crippen LogP contribution in [0.2, 0.25) is 0 Å². The summed E-state index contributed by atoms with van der Waals surface area (Å²) in [5.74, 6) is 0. The molecule has 4 N–H and O–H groups in total. The summed E-state index contributed by atoms with van der Waals surface area (Å²) >= 11 is 0. The molecule has 21 heavy (non-hydrogen) atoms. The van der Waals surface area contributed by atoms with Crippen molar-refractivity contribution in [3.63, 3.8) is 0 Å². The maximum atomic E-state index is 9.88. The molecule has 3 rings (SSSR count). The van der Waals surface area contributed by atoms with Gasteiger partial charge in [0.2, 0.25) is 0 Å².